The van der Waals surface area contributed by atoms with Crippen LogP contribution in [0.25, 0.3) is 0 Å². The highest BCUT2D eigenvalue weighted by molar-refractivity contribution is 7.99. The third-order valence-corrected chi connectivity index (χ3v) is 4.81. The minimum absolute atomic E-state index is 0.749. The zero-order valence-electron chi connectivity index (χ0n) is 12.8. The Morgan fingerprint density at radius 1 is 1.30 bits per heavy atom. The van der Waals surface area contributed by atoms with Gasteiger partial charge in [0, 0.05) is 29.8 Å². The lowest BCUT2D eigenvalue weighted by Crippen LogP contribution is -2.40. The van der Waals surface area contributed by atoms with Gasteiger partial charge in [0.05, 0.1) is 0 Å². The summed E-state index contributed by atoms with van der Waals surface area (Å²) in [6.45, 7) is 9.35. The Hall–Kier alpha value is -0.510. The maximum Gasteiger partial charge on any atom is 0.0221 e. The maximum absolute atomic E-state index is 3.62. The van der Waals surface area contributed by atoms with Crippen LogP contribution in [0.4, 0.5) is 0 Å². The van der Waals surface area contributed by atoms with Crippen molar-refractivity contribution in [2.75, 3.05) is 31.9 Å². The molecule has 1 aliphatic heterocycles. The predicted octanol–water partition coefficient (Wildman–Crippen LogP) is 3.49. The fourth-order valence-electron chi connectivity index (χ4n) is 2.76. The molecular weight excluding hydrogens is 264 g/mol. The summed E-state index contributed by atoms with van der Waals surface area (Å²) in [6.07, 6.45) is 2.73. The van der Waals surface area contributed by atoms with E-state index in [1.807, 2.05) is 11.8 Å². The van der Waals surface area contributed by atoms with Crippen molar-refractivity contribution in [2.24, 2.45) is 5.92 Å². The normalized spacial score (nSPS) is 19.9. The van der Waals surface area contributed by atoms with E-state index >= 15 is 0 Å². The summed E-state index contributed by atoms with van der Waals surface area (Å²) in [4.78, 5) is 4.06. The lowest BCUT2D eigenvalue weighted by atomic mass is 10.2. The number of benzene rings is 1. The van der Waals surface area contributed by atoms with Crippen LogP contribution >= 0.6 is 11.8 Å². The Balaban J connectivity index is 1.66. The predicted molar refractivity (Wildman–Crippen MR) is 89.5 cm³/mol. The molecular formula is C17H28N2S. The van der Waals surface area contributed by atoms with Crippen LogP contribution in [-0.2, 0) is 0 Å². The highest BCUT2D eigenvalue weighted by Crippen LogP contribution is 2.20. The van der Waals surface area contributed by atoms with E-state index in [1.54, 1.807) is 0 Å². The molecule has 2 rings (SSSR count). The van der Waals surface area contributed by atoms with Crippen molar-refractivity contribution < 1.29 is 0 Å². The van der Waals surface area contributed by atoms with E-state index in [1.165, 1.54) is 36.6 Å². The number of rotatable bonds is 8. The van der Waals surface area contributed by atoms with Gasteiger partial charge in [-0.15, -0.1) is 11.8 Å². The summed E-state index contributed by atoms with van der Waals surface area (Å²) in [5.41, 5.74) is 0. The first-order chi connectivity index (χ1) is 9.75. The van der Waals surface area contributed by atoms with Crippen LogP contribution < -0.4 is 5.32 Å². The second-order valence-corrected chi connectivity index (χ2v) is 7.21. The fraction of sp³-hybridized carbons (Fsp3) is 0.647. The van der Waals surface area contributed by atoms with Crippen molar-refractivity contribution in [2.45, 2.75) is 37.6 Å². The van der Waals surface area contributed by atoms with Gasteiger partial charge in [-0.2, -0.15) is 0 Å². The van der Waals surface area contributed by atoms with Crippen molar-refractivity contribution in [1.29, 1.82) is 0 Å². The maximum atomic E-state index is 3.62. The van der Waals surface area contributed by atoms with Gasteiger partial charge in [-0.25, -0.2) is 0 Å². The van der Waals surface area contributed by atoms with Crippen LogP contribution in [-0.4, -0.2) is 42.9 Å². The SMILES string of the molecule is CC(C)CNCC1CCCN1CCSc1ccccc1. The van der Waals surface area contributed by atoms with Gasteiger partial charge in [-0.3, -0.25) is 4.90 Å². The van der Waals surface area contributed by atoms with Gasteiger partial charge < -0.3 is 5.32 Å². The average molecular weight is 292 g/mol. The molecule has 1 fully saturated rings. The smallest absolute Gasteiger partial charge is 0.0221 e. The van der Waals surface area contributed by atoms with Gasteiger partial charge in [-0.1, -0.05) is 32.0 Å². The molecule has 0 aliphatic carbocycles. The van der Waals surface area contributed by atoms with Crippen LogP contribution in [0, 0.1) is 5.92 Å². The van der Waals surface area contributed by atoms with Gasteiger partial charge in [0.25, 0.3) is 0 Å². The first-order valence-electron chi connectivity index (χ1n) is 7.88. The number of nitrogens with one attached hydrogen (secondary N) is 1. The standard InChI is InChI=1S/C17H28N2S/c1-15(2)13-18-14-16-7-6-10-19(16)11-12-20-17-8-4-3-5-9-17/h3-5,8-9,15-16,18H,6-7,10-14H2,1-2H3. The van der Waals surface area contributed by atoms with E-state index in [0.29, 0.717) is 0 Å². The molecule has 1 heterocycles. The summed E-state index contributed by atoms with van der Waals surface area (Å²) < 4.78 is 0. The molecule has 0 bridgehead atoms. The zero-order valence-corrected chi connectivity index (χ0v) is 13.7. The summed E-state index contributed by atoms with van der Waals surface area (Å²) >= 11 is 1.98. The van der Waals surface area contributed by atoms with Crippen molar-refractivity contribution in [3.05, 3.63) is 30.3 Å². The van der Waals surface area contributed by atoms with Gasteiger partial charge in [-0.05, 0) is 44.0 Å². The largest absolute Gasteiger partial charge is 0.315 e. The number of thioether (sulfide) groups is 1. The molecule has 1 aromatic rings. The number of nitrogens with zero attached hydrogens (tertiary/aromatic N) is 1. The highest BCUT2D eigenvalue weighted by atomic mass is 32.2. The lowest BCUT2D eigenvalue weighted by Gasteiger charge is -2.25. The topological polar surface area (TPSA) is 15.3 Å². The first-order valence-corrected chi connectivity index (χ1v) is 8.87. The van der Waals surface area contributed by atoms with Gasteiger partial charge >= 0.3 is 0 Å². The van der Waals surface area contributed by atoms with E-state index in [0.717, 1.165) is 25.0 Å². The zero-order chi connectivity index (χ0) is 14.2. The number of hydrogen-bond donors (Lipinski definition) is 1. The Morgan fingerprint density at radius 2 is 2.10 bits per heavy atom. The van der Waals surface area contributed by atoms with Crippen LogP contribution in [0.5, 0.6) is 0 Å². The second-order valence-electron chi connectivity index (χ2n) is 6.05. The van der Waals surface area contributed by atoms with Gasteiger partial charge in [0.2, 0.25) is 0 Å². The van der Waals surface area contributed by atoms with Crippen LogP contribution in [0.1, 0.15) is 26.7 Å². The fourth-order valence-corrected chi connectivity index (χ4v) is 3.67. The molecule has 2 nitrogen and oxygen atoms in total. The third kappa shape index (κ3) is 5.47. The van der Waals surface area contributed by atoms with E-state index in [4.69, 9.17) is 0 Å². The number of hydrogen-bond acceptors (Lipinski definition) is 3. The highest BCUT2D eigenvalue weighted by Gasteiger charge is 2.23. The molecule has 0 radical (unpaired) electrons. The molecule has 0 amide bonds. The van der Waals surface area contributed by atoms with Crippen molar-refractivity contribution in [3.63, 3.8) is 0 Å². The monoisotopic (exact) mass is 292 g/mol. The van der Waals surface area contributed by atoms with Crippen molar-refractivity contribution >= 4 is 11.8 Å². The molecule has 1 aromatic carbocycles. The second kappa shape index (κ2) is 8.71. The summed E-state index contributed by atoms with van der Waals surface area (Å²) in [5.74, 6) is 1.95. The molecule has 112 valence electrons. The molecule has 1 aliphatic rings. The van der Waals surface area contributed by atoms with Gasteiger partial charge in [0.15, 0.2) is 0 Å². The van der Waals surface area contributed by atoms with Gasteiger partial charge in [0.1, 0.15) is 0 Å². The molecule has 20 heavy (non-hydrogen) atoms. The van der Waals surface area contributed by atoms with Crippen LogP contribution in [0.2, 0.25) is 0 Å². The minimum atomic E-state index is 0.749. The van der Waals surface area contributed by atoms with Crippen molar-refractivity contribution in [1.82, 2.24) is 10.2 Å². The Kier molecular flexibility index (Phi) is 6.91. The quantitative estimate of drug-likeness (QED) is 0.738. The van der Waals surface area contributed by atoms with E-state index in [9.17, 15) is 0 Å². The molecule has 0 spiro atoms. The summed E-state index contributed by atoms with van der Waals surface area (Å²) in [7, 11) is 0. The Labute approximate surface area is 128 Å². The molecule has 0 aromatic heterocycles. The van der Waals surface area contributed by atoms with Crippen LogP contribution in [0.3, 0.4) is 0 Å². The average Bonchev–Trinajstić information content (AvgIpc) is 2.87. The van der Waals surface area contributed by atoms with E-state index < -0.39 is 0 Å². The molecule has 1 N–H and O–H groups in total. The lowest BCUT2D eigenvalue weighted by molar-refractivity contribution is 0.260. The molecule has 1 atom stereocenters. The number of likely N-dealkylation sites (tertiary alicyclic amines) is 1. The third-order valence-electron chi connectivity index (χ3n) is 3.82. The van der Waals surface area contributed by atoms with E-state index in [2.05, 4.69) is 54.4 Å². The summed E-state index contributed by atoms with van der Waals surface area (Å²) in [5, 5.41) is 3.62. The molecule has 0 saturated carbocycles. The van der Waals surface area contributed by atoms with E-state index in [-0.39, 0.29) is 0 Å². The molecule has 3 heteroatoms. The van der Waals surface area contributed by atoms with Crippen molar-refractivity contribution in [3.8, 4) is 0 Å². The minimum Gasteiger partial charge on any atom is -0.315 e. The summed E-state index contributed by atoms with van der Waals surface area (Å²) in [6, 6.07) is 11.5. The van der Waals surface area contributed by atoms with Crippen LogP contribution in [0.15, 0.2) is 35.2 Å². The Morgan fingerprint density at radius 3 is 2.85 bits per heavy atom. The first kappa shape index (κ1) is 15.9. The molecule has 1 saturated heterocycles. The molecule has 1 unspecified atom stereocenters. The Bertz CT molecular complexity index is 367.